The second-order valence-electron chi connectivity index (χ2n) is 4.32. The van der Waals surface area contributed by atoms with Gasteiger partial charge in [-0.25, -0.2) is 0 Å². The Hall–Kier alpha value is 0.150. The van der Waals surface area contributed by atoms with Gasteiger partial charge in [-0.1, -0.05) is 0 Å². The molecule has 1 fully saturated rings. The van der Waals surface area contributed by atoms with E-state index in [2.05, 4.69) is 27.5 Å². The zero-order valence-electron chi connectivity index (χ0n) is 10.1. The molecule has 1 aliphatic heterocycles. The number of halogens is 2. The summed E-state index contributed by atoms with van der Waals surface area (Å²) in [6.45, 7) is 4.55. The fourth-order valence-electron chi connectivity index (χ4n) is 2.12. The number of hydrogen-bond donors (Lipinski definition) is 0. The molecule has 1 aromatic heterocycles. The molecule has 0 atom stereocenters. The fourth-order valence-corrected chi connectivity index (χ4v) is 3.68. The van der Waals surface area contributed by atoms with Crippen molar-refractivity contribution in [1.29, 1.82) is 0 Å². The summed E-state index contributed by atoms with van der Waals surface area (Å²) in [4.78, 5) is 16.6. The first-order valence-electron chi connectivity index (χ1n) is 6.02. The maximum Gasteiger partial charge on any atom is 0.254 e. The Kier molecular flexibility index (Phi) is 5.72. The van der Waals surface area contributed by atoms with Crippen LogP contribution in [-0.2, 0) is 0 Å². The van der Waals surface area contributed by atoms with Crippen LogP contribution in [0.2, 0.25) is 0 Å². The summed E-state index contributed by atoms with van der Waals surface area (Å²) in [5.74, 6) is 0.832. The van der Waals surface area contributed by atoms with Crippen LogP contribution >= 0.6 is 45.5 Å². The van der Waals surface area contributed by atoms with E-state index in [0.29, 0.717) is 5.88 Å². The van der Waals surface area contributed by atoms with Crippen molar-refractivity contribution in [3.63, 3.8) is 0 Å². The van der Waals surface area contributed by atoms with Crippen molar-refractivity contribution >= 4 is 51.4 Å². The van der Waals surface area contributed by atoms with Crippen LogP contribution in [0, 0.1) is 2.88 Å². The molecule has 1 amide bonds. The molecule has 0 spiro atoms. The van der Waals surface area contributed by atoms with E-state index in [4.69, 9.17) is 11.6 Å². The Morgan fingerprint density at radius 3 is 2.89 bits per heavy atom. The van der Waals surface area contributed by atoms with Gasteiger partial charge < -0.3 is 9.80 Å². The van der Waals surface area contributed by atoms with Gasteiger partial charge in [-0.2, -0.15) is 0 Å². The van der Waals surface area contributed by atoms with Crippen molar-refractivity contribution in [2.45, 2.75) is 6.42 Å². The lowest BCUT2D eigenvalue weighted by atomic mass is 10.3. The van der Waals surface area contributed by atoms with E-state index < -0.39 is 0 Å². The maximum absolute atomic E-state index is 12.3. The van der Waals surface area contributed by atoms with Gasteiger partial charge >= 0.3 is 0 Å². The van der Waals surface area contributed by atoms with E-state index in [9.17, 15) is 4.79 Å². The average Bonchev–Trinajstić information content (AvgIpc) is 2.65. The van der Waals surface area contributed by atoms with Crippen LogP contribution in [0.15, 0.2) is 11.4 Å². The van der Waals surface area contributed by atoms with Crippen molar-refractivity contribution in [3.05, 3.63) is 19.9 Å². The summed E-state index contributed by atoms with van der Waals surface area (Å²) in [5.41, 5.74) is 0.829. The Morgan fingerprint density at radius 1 is 1.39 bits per heavy atom. The summed E-state index contributed by atoms with van der Waals surface area (Å²) in [7, 11) is 0. The summed E-state index contributed by atoms with van der Waals surface area (Å²) < 4.78 is 1.16. The second kappa shape index (κ2) is 7.07. The molecular weight excluding hydrogens is 383 g/mol. The van der Waals surface area contributed by atoms with Gasteiger partial charge in [0.2, 0.25) is 0 Å². The molecule has 0 aliphatic carbocycles. The Bertz CT molecular complexity index is 413. The van der Waals surface area contributed by atoms with Crippen LogP contribution in [-0.4, -0.2) is 54.3 Å². The van der Waals surface area contributed by atoms with Gasteiger partial charge in [0.15, 0.2) is 0 Å². The van der Waals surface area contributed by atoms with Crippen molar-refractivity contribution in [2.24, 2.45) is 0 Å². The minimum atomic E-state index is 0.168. The average molecular weight is 399 g/mol. The van der Waals surface area contributed by atoms with Gasteiger partial charge in [-0.05, 0) is 41.6 Å². The molecule has 0 aromatic carbocycles. The molecule has 0 radical (unpaired) electrons. The Labute approximate surface area is 130 Å². The number of alkyl halides is 1. The van der Waals surface area contributed by atoms with Crippen LogP contribution < -0.4 is 0 Å². The topological polar surface area (TPSA) is 23.6 Å². The number of hydrogen-bond acceptors (Lipinski definition) is 3. The number of carbonyl (C=O) groups is 1. The molecule has 0 N–H and O–H groups in total. The normalized spacial score (nSPS) is 17.8. The van der Waals surface area contributed by atoms with Crippen molar-refractivity contribution < 1.29 is 4.79 Å². The molecule has 0 bridgehead atoms. The zero-order valence-corrected chi connectivity index (χ0v) is 13.8. The van der Waals surface area contributed by atoms with Gasteiger partial charge in [-0.3, -0.25) is 4.79 Å². The molecule has 18 heavy (non-hydrogen) atoms. The smallest absolute Gasteiger partial charge is 0.254 e. The lowest BCUT2D eigenvalue weighted by molar-refractivity contribution is 0.0762. The van der Waals surface area contributed by atoms with Gasteiger partial charge in [0.25, 0.3) is 5.91 Å². The molecule has 1 aromatic rings. The number of rotatable bonds is 3. The number of thiophene rings is 1. The molecule has 6 heteroatoms. The second-order valence-corrected chi connectivity index (χ2v) is 7.50. The quantitative estimate of drug-likeness (QED) is 0.577. The lowest BCUT2D eigenvalue weighted by Crippen LogP contribution is -2.35. The molecule has 3 nitrogen and oxygen atoms in total. The largest absolute Gasteiger partial charge is 0.337 e. The van der Waals surface area contributed by atoms with Crippen LogP contribution in [0.3, 0.4) is 0 Å². The van der Waals surface area contributed by atoms with Crippen molar-refractivity contribution in [2.75, 3.05) is 38.6 Å². The molecule has 2 rings (SSSR count). The minimum Gasteiger partial charge on any atom is -0.337 e. The predicted molar refractivity (Wildman–Crippen MR) is 84.7 cm³/mol. The van der Waals surface area contributed by atoms with E-state index >= 15 is 0 Å². The lowest BCUT2D eigenvalue weighted by Gasteiger charge is -2.21. The molecule has 2 heterocycles. The first kappa shape index (κ1) is 14.6. The highest BCUT2D eigenvalue weighted by Crippen LogP contribution is 2.18. The van der Waals surface area contributed by atoms with E-state index in [1.165, 1.54) is 0 Å². The third-order valence-electron chi connectivity index (χ3n) is 3.09. The van der Waals surface area contributed by atoms with E-state index in [-0.39, 0.29) is 5.91 Å². The van der Waals surface area contributed by atoms with E-state index in [0.717, 1.165) is 47.6 Å². The highest BCUT2D eigenvalue weighted by molar-refractivity contribution is 14.1. The van der Waals surface area contributed by atoms with E-state index in [1.807, 2.05) is 16.3 Å². The standard InChI is InChI=1S/C12H16ClIN2OS/c13-2-5-15-3-1-4-16(7-6-15)12(17)10-8-11(14)18-9-10/h8-9H,1-7H2. The number of carbonyl (C=O) groups excluding carboxylic acids is 1. The zero-order chi connectivity index (χ0) is 13.0. The molecule has 0 unspecified atom stereocenters. The first-order valence-corrected chi connectivity index (χ1v) is 8.51. The van der Waals surface area contributed by atoms with E-state index in [1.54, 1.807) is 11.3 Å². The van der Waals surface area contributed by atoms with Crippen LogP contribution in [0.5, 0.6) is 0 Å². The van der Waals surface area contributed by atoms with Gasteiger partial charge in [-0.15, -0.1) is 22.9 Å². The third kappa shape index (κ3) is 3.82. The molecule has 1 aliphatic rings. The van der Waals surface area contributed by atoms with Gasteiger partial charge in [0.05, 0.1) is 8.45 Å². The van der Waals surface area contributed by atoms with Crippen molar-refractivity contribution in [1.82, 2.24) is 9.80 Å². The number of amides is 1. The van der Waals surface area contributed by atoms with Crippen LogP contribution in [0.4, 0.5) is 0 Å². The highest BCUT2D eigenvalue weighted by Gasteiger charge is 2.20. The molecule has 1 saturated heterocycles. The van der Waals surface area contributed by atoms with Gasteiger partial charge in [0, 0.05) is 37.4 Å². The Morgan fingerprint density at radius 2 is 2.22 bits per heavy atom. The third-order valence-corrected chi connectivity index (χ3v) is 5.05. The fraction of sp³-hybridized carbons (Fsp3) is 0.583. The molecular formula is C12H16ClIN2OS. The molecule has 100 valence electrons. The van der Waals surface area contributed by atoms with Gasteiger partial charge in [0.1, 0.15) is 0 Å². The summed E-state index contributed by atoms with van der Waals surface area (Å²) in [5, 5.41) is 1.95. The predicted octanol–water partition coefficient (Wildman–Crippen LogP) is 2.74. The summed E-state index contributed by atoms with van der Waals surface area (Å²) in [6, 6.07) is 1.97. The minimum absolute atomic E-state index is 0.168. The highest BCUT2D eigenvalue weighted by atomic mass is 127. The molecule has 0 saturated carbocycles. The van der Waals surface area contributed by atoms with Crippen molar-refractivity contribution in [3.8, 4) is 0 Å². The maximum atomic E-state index is 12.3. The summed E-state index contributed by atoms with van der Waals surface area (Å²) in [6.07, 6.45) is 1.03. The van der Waals surface area contributed by atoms with Crippen LogP contribution in [0.1, 0.15) is 16.8 Å². The first-order chi connectivity index (χ1) is 8.70. The van der Waals surface area contributed by atoms with Crippen LogP contribution in [0.25, 0.3) is 0 Å². The monoisotopic (exact) mass is 398 g/mol. The summed E-state index contributed by atoms with van der Waals surface area (Å²) >= 11 is 9.64. The number of nitrogens with zero attached hydrogens (tertiary/aromatic N) is 2. The SMILES string of the molecule is O=C(c1csc(I)c1)N1CCCN(CCCl)CC1. The Balaban J connectivity index is 1.95.